The summed E-state index contributed by atoms with van der Waals surface area (Å²) in [5.74, 6) is -2.30. The number of benzene rings is 2. The quantitative estimate of drug-likeness (QED) is 0.655. The number of halogens is 7. The summed E-state index contributed by atoms with van der Waals surface area (Å²) in [6.07, 6.45) is -12.3. The molecule has 0 aromatic heterocycles. The first-order valence-corrected chi connectivity index (χ1v) is 7.56. The van der Waals surface area contributed by atoms with Crippen LogP contribution in [0.2, 0.25) is 0 Å². The molecule has 1 N–H and O–H groups in total. The Morgan fingerprint density at radius 2 is 1.35 bits per heavy atom. The Morgan fingerprint density at radius 3 is 1.77 bits per heavy atom. The van der Waals surface area contributed by atoms with Crippen molar-refractivity contribution in [3.63, 3.8) is 0 Å². The maximum atomic E-state index is 14.4. The van der Waals surface area contributed by atoms with E-state index in [1.54, 1.807) is 44.2 Å². The largest absolute Gasteiger partial charge is 0.430 e. The van der Waals surface area contributed by atoms with Crippen molar-refractivity contribution in [2.24, 2.45) is 0 Å². The Kier molecular flexibility index (Phi) is 5.11. The van der Waals surface area contributed by atoms with Gasteiger partial charge in [-0.15, -0.1) is 0 Å². The molecule has 1 nitrogen and oxygen atoms in total. The zero-order valence-electron chi connectivity index (χ0n) is 13.7. The van der Waals surface area contributed by atoms with Gasteiger partial charge in [0.25, 0.3) is 5.60 Å². The third kappa shape index (κ3) is 3.30. The van der Waals surface area contributed by atoms with Gasteiger partial charge in [0.2, 0.25) is 0 Å². The highest BCUT2D eigenvalue weighted by molar-refractivity contribution is 5.69. The Hall–Kier alpha value is -2.09. The number of rotatable bonds is 3. The van der Waals surface area contributed by atoms with E-state index in [1.807, 2.05) is 0 Å². The lowest BCUT2D eigenvalue weighted by Crippen LogP contribution is -2.54. The summed E-state index contributed by atoms with van der Waals surface area (Å²) in [5.41, 5.74) is -6.51. The molecule has 0 bridgehead atoms. The molecule has 0 heterocycles. The van der Waals surface area contributed by atoms with Crippen molar-refractivity contribution >= 4 is 0 Å². The minimum absolute atomic E-state index is 0.0551. The summed E-state index contributed by atoms with van der Waals surface area (Å²) in [7, 11) is 0. The molecule has 2 aromatic rings. The van der Waals surface area contributed by atoms with E-state index < -0.39 is 35.3 Å². The molecule has 0 radical (unpaired) electrons. The molecule has 0 fully saturated rings. The Bertz CT molecular complexity index is 763. The van der Waals surface area contributed by atoms with Crippen LogP contribution in [0.3, 0.4) is 0 Å². The van der Waals surface area contributed by atoms with Gasteiger partial charge in [-0.25, -0.2) is 4.39 Å². The zero-order valence-corrected chi connectivity index (χ0v) is 13.7. The number of aliphatic hydroxyl groups is 1. The molecule has 0 saturated carbocycles. The van der Waals surface area contributed by atoms with Crippen molar-refractivity contribution in [2.45, 2.75) is 37.7 Å². The second-order valence-electron chi connectivity index (χ2n) is 6.15. The van der Waals surface area contributed by atoms with Crippen LogP contribution in [0.15, 0.2) is 42.5 Å². The normalized spacial score (nSPS) is 13.3. The van der Waals surface area contributed by atoms with Crippen molar-refractivity contribution in [1.29, 1.82) is 0 Å². The van der Waals surface area contributed by atoms with E-state index in [4.69, 9.17) is 0 Å². The van der Waals surface area contributed by atoms with Gasteiger partial charge in [0.05, 0.1) is 0 Å². The van der Waals surface area contributed by atoms with Crippen LogP contribution in [-0.2, 0) is 5.60 Å². The van der Waals surface area contributed by atoms with Crippen LogP contribution in [0.1, 0.15) is 30.9 Å². The van der Waals surface area contributed by atoms with E-state index in [-0.39, 0.29) is 11.1 Å². The predicted octanol–water partition coefficient (Wildman–Crippen LogP) is 5.93. The molecule has 0 atom stereocenters. The standard InChI is InChI=1S/C18H15F7O/c1-10(2)12-8-14(16(26,17(20,21)22)18(23,24)25)15(19)9-13(12)11-6-4-3-5-7-11/h3-10,26H,1-2H3. The first kappa shape index (κ1) is 20.2. The van der Waals surface area contributed by atoms with E-state index in [0.717, 1.165) is 0 Å². The van der Waals surface area contributed by atoms with Gasteiger partial charge in [0.1, 0.15) is 5.82 Å². The molecule has 0 spiro atoms. The van der Waals surface area contributed by atoms with Crippen molar-refractivity contribution in [2.75, 3.05) is 0 Å². The lowest BCUT2D eigenvalue weighted by Gasteiger charge is -2.33. The fourth-order valence-corrected chi connectivity index (χ4v) is 2.68. The molecule has 0 unspecified atom stereocenters. The van der Waals surface area contributed by atoms with E-state index in [9.17, 15) is 35.8 Å². The molecule has 0 aliphatic rings. The van der Waals surface area contributed by atoms with Gasteiger partial charge in [0.15, 0.2) is 0 Å². The van der Waals surface area contributed by atoms with Crippen molar-refractivity contribution in [1.82, 2.24) is 0 Å². The smallest absolute Gasteiger partial charge is 0.369 e. The second-order valence-corrected chi connectivity index (χ2v) is 6.15. The Morgan fingerprint density at radius 1 is 0.846 bits per heavy atom. The summed E-state index contributed by atoms with van der Waals surface area (Å²) < 4.78 is 92.9. The van der Waals surface area contributed by atoms with Gasteiger partial charge in [0, 0.05) is 5.56 Å². The molecule has 26 heavy (non-hydrogen) atoms. The minimum atomic E-state index is -6.14. The van der Waals surface area contributed by atoms with E-state index in [1.165, 1.54) is 0 Å². The summed E-state index contributed by atoms with van der Waals surface area (Å²) in [4.78, 5) is 0. The number of hydrogen-bond donors (Lipinski definition) is 1. The van der Waals surface area contributed by atoms with Gasteiger partial charge in [-0.1, -0.05) is 44.2 Å². The summed E-state index contributed by atoms with van der Waals surface area (Å²) >= 11 is 0. The zero-order chi connectivity index (χ0) is 19.9. The van der Waals surface area contributed by atoms with Gasteiger partial charge < -0.3 is 5.11 Å². The van der Waals surface area contributed by atoms with Crippen molar-refractivity contribution < 1.29 is 35.8 Å². The SMILES string of the molecule is CC(C)c1cc(C(O)(C(F)(F)F)C(F)(F)F)c(F)cc1-c1ccccc1. The molecular weight excluding hydrogens is 365 g/mol. The topological polar surface area (TPSA) is 20.2 Å². The van der Waals surface area contributed by atoms with Crippen molar-refractivity contribution in [3.8, 4) is 11.1 Å². The van der Waals surface area contributed by atoms with Crippen molar-refractivity contribution in [3.05, 3.63) is 59.4 Å². The fraction of sp³-hybridized carbons (Fsp3) is 0.333. The molecule has 0 aliphatic heterocycles. The Labute approximate surface area is 145 Å². The molecule has 0 saturated heterocycles. The van der Waals surface area contributed by atoms with Gasteiger partial charge in [-0.05, 0) is 34.7 Å². The van der Waals surface area contributed by atoms with Crippen LogP contribution in [0.5, 0.6) is 0 Å². The molecule has 8 heteroatoms. The van der Waals surface area contributed by atoms with Crippen LogP contribution in [0.25, 0.3) is 11.1 Å². The highest BCUT2D eigenvalue weighted by Gasteiger charge is 2.72. The monoisotopic (exact) mass is 380 g/mol. The Balaban J connectivity index is 2.82. The number of hydrogen-bond acceptors (Lipinski definition) is 1. The van der Waals surface area contributed by atoms with E-state index in [2.05, 4.69) is 0 Å². The first-order valence-electron chi connectivity index (χ1n) is 7.56. The summed E-state index contributed by atoms with van der Waals surface area (Å²) in [6, 6.07) is 9.03. The van der Waals surface area contributed by atoms with Crippen LogP contribution in [0.4, 0.5) is 30.7 Å². The van der Waals surface area contributed by atoms with Gasteiger partial charge >= 0.3 is 12.4 Å². The van der Waals surface area contributed by atoms with E-state index in [0.29, 0.717) is 17.7 Å². The summed E-state index contributed by atoms with van der Waals surface area (Å²) in [5, 5.41) is 9.51. The molecule has 142 valence electrons. The van der Waals surface area contributed by atoms with Crippen LogP contribution < -0.4 is 0 Å². The third-order valence-electron chi connectivity index (χ3n) is 4.06. The average Bonchev–Trinajstić information content (AvgIpc) is 2.52. The highest BCUT2D eigenvalue weighted by Crippen LogP contribution is 2.51. The predicted molar refractivity (Wildman–Crippen MR) is 81.9 cm³/mol. The second kappa shape index (κ2) is 6.57. The molecule has 0 amide bonds. The maximum absolute atomic E-state index is 14.4. The summed E-state index contributed by atoms with van der Waals surface area (Å²) in [6.45, 7) is 3.09. The van der Waals surface area contributed by atoms with Crippen LogP contribution in [-0.4, -0.2) is 17.5 Å². The molecular formula is C18H15F7O. The lowest BCUT2D eigenvalue weighted by atomic mass is 9.84. The third-order valence-corrected chi connectivity index (χ3v) is 4.06. The van der Waals surface area contributed by atoms with E-state index >= 15 is 0 Å². The minimum Gasteiger partial charge on any atom is -0.369 e. The fourth-order valence-electron chi connectivity index (χ4n) is 2.68. The highest BCUT2D eigenvalue weighted by atomic mass is 19.4. The lowest BCUT2D eigenvalue weighted by molar-refractivity contribution is -0.377. The van der Waals surface area contributed by atoms with Crippen LogP contribution in [0, 0.1) is 5.82 Å². The molecule has 2 rings (SSSR count). The van der Waals surface area contributed by atoms with Crippen LogP contribution >= 0.6 is 0 Å². The number of alkyl halides is 6. The first-order chi connectivity index (χ1) is 11.8. The van der Waals surface area contributed by atoms with Gasteiger partial charge in [-0.3, -0.25) is 0 Å². The molecule has 2 aromatic carbocycles. The molecule has 0 aliphatic carbocycles. The van der Waals surface area contributed by atoms with Gasteiger partial charge in [-0.2, -0.15) is 26.3 Å². The average molecular weight is 380 g/mol. The maximum Gasteiger partial charge on any atom is 0.430 e.